The van der Waals surface area contributed by atoms with Gasteiger partial charge in [0.1, 0.15) is 5.82 Å². The van der Waals surface area contributed by atoms with Gasteiger partial charge in [0.15, 0.2) is 0 Å². The monoisotopic (exact) mass is 306 g/mol. The fraction of sp³-hybridized carbons (Fsp3) is 0. The lowest BCUT2D eigenvalue weighted by molar-refractivity contribution is 1.34. The Labute approximate surface area is 118 Å². The van der Waals surface area contributed by atoms with Gasteiger partial charge >= 0.3 is 0 Å². The van der Waals surface area contributed by atoms with Crippen LogP contribution in [0.4, 0.5) is 5.82 Å². The molecule has 2 aromatic rings. The lowest BCUT2D eigenvalue weighted by Crippen LogP contribution is -1.90. The Balaban J connectivity index is 2.70. The van der Waals surface area contributed by atoms with Gasteiger partial charge in [-0.1, -0.05) is 46.4 Å². The molecular weight excluding hydrogens is 302 g/mol. The van der Waals surface area contributed by atoms with Crippen LogP contribution < -0.4 is 5.73 Å². The third-order valence-corrected chi connectivity index (χ3v) is 3.76. The topological polar surface area (TPSA) is 38.9 Å². The summed E-state index contributed by atoms with van der Waals surface area (Å²) in [6, 6.07) is 4.90. The van der Waals surface area contributed by atoms with Crippen LogP contribution in [0.25, 0.3) is 11.1 Å². The van der Waals surface area contributed by atoms with Crippen molar-refractivity contribution in [3.8, 4) is 11.1 Å². The summed E-state index contributed by atoms with van der Waals surface area (Å²) in [5.74, 6) is 0.411. The van der Waals surface area contributed by atoms with Crippen molar-refractivity contribution >= 4 is 52.2 Å². The number of aromatic nitrogens is 1. The molecule has 6 heteroatoms. The molecule has 0 atom stereocenters. The van der Waals surface area contributed by atoms with E-state index in [0.717, 1.165) is 0 Å². The summed E-state index contributed by atoms with van der Waals surface area (Å²) in [7, 11) is 0. The number of hydrogen-bond donors (Lipinski definition) is 1. The highest BCUT2D eigenvalue weighted by Crippen LogP contribution is 2.42. The van der Waals surface area contributed by atoms with Crippen molar-refractivity contribution in [1.82, 2.24) is 4.98 Å². The first kappa shape index (κ1) is 12.8. The van der Waals surface area contributed by atoms with E-state index in [1.807, 2.05) is 0 Å². The number of halogens is 4. The average molecular weight is 308 g/mol. The summed E-state index contributed by atoms with van der Waals surface area (Å²) < 4.78 is 0. The van der Waals surface area contributed by atoms with Crippen molar-refractivity contribution in [3.63, 3.8) is 0 Å². The van der Waals surface area contributed by atoms with Crippen LogP contribution in [0.5, 0.6) is 0 Å². The lowest BCUT2D eigenvalue weighted by Gasteiger charge is -2.10. The molecule has 1 heterocycles. The van der Waals surface area contributed by atoms with Gasteiger partial charge in [0.25, 0.3) is 0 Å². The maximum Gasteiger partial charge on any atom is 0.123 e. The standard InChI is InChI=1S/C11H6Cl4N2/c12-6-3-7(13)11(15)9(10(6)14)5-1-2-8(16)17-4-5/h1-4H,(H2,16,17). The van der Waals surface area contributed by atoms with E-state index < -0.39 is 0 Å². The summed E-state index contributed by atoms with van der Waals surface area (Å²) in [5, 5.41) is 1.36. The molecule has 0 aliphatic carbocycles. The van der Waals surface area contributed by atoms with Gasteiger partial charge in [-0.2, -0.15) is 0 Å². The Hall–Kier alpha value is -0.670. The second kappa shape index (κ2) is 4.91. The van der Waals surface area contributed by atoms with E-state index in [2.05, 4.69) is 4.98 Å². The molecule has 0 spiro atoms. The molecular formula is C11H6Cl4N2. The third-order valence-electron chi connectivity index (χ3n) is 2.19. The second-order valence-electron chi connectivity index (χ2n) is 3.31. The number of benzene rings is 1. The Morgan fingerprint density at radius 3 is 2.00 bits per heavy atom. The zero-order valence-electron chi connectivity index (χ0n) is 8.35. The molecule has 0 radical (unpaired) electrons. The van der Waals surface area contributed by atoms with Crippen LogP contribution in [0.1, 0.15) is 0 Å². The predicted molar refractivity (Wildman–Crippen MR) is 74.1 cm³/mol. The van der Waals surface area contributed by atoms with Crippen LogP contribution in [0.2, 0.25) is 20.1 Å². The first-order valence-corrected chi connectivity index (χ1v) is 6.06. The maximum absolute atomic E-state index is 6.11. The van der Waals surface area contributed by atoms with Crippen LogP contribution in [0.15, 0.2) is 24.4 Å². The molecule has 17 heavy (non-hydrogen) atoms. The zero-order valence-corrected chi connectivity index (χ0v) is 11.4. The third kappa shape index (κ3) is 2.45. The van der Waals surface area contributed by atoms with E-state index >= 15 is 0 Å². The number of nitrogen functional groups attached to an aromatic ring is 1. The van der Waals surface area contributed by atoms with E-state index in [1.54, 1.807) is 18.3 Å². The summed E-state index contributed by atoms with van der Waals surface area (Å²) in [5.41, 5.74) is 6.77. The number of anilines is 1. The highest BCUT2D eigenvalue weighted by Gasteiger charge is 2.15. The number of pyridine rings is 1. The summed E-state index contributed by atoms with van der Waals surface area (Å²) in [4.78, 5) is 3.97. The summed E-state index contributed by atoms with van der Waals surface area (Å²) in [6.07, 6.45) is 1.56. The molecule has 1 aromatic carbocycles. The Morgan fingerprint density at radius 2 is 1.53 bits per heavy atom. The molecule has 2 nitrogen and oxygen atoms in total. The minimum atomic E-state index is 0.340. The predicted octanol–water partition coefficient (Wildman–Crippen LogP) is 4.94. The van der Waals surface area contributed by atoms with Gasteiger partial charge in [-0.05, 0) is 18.2 Å². The molecule has 2 N–H and O–H groups in total. The largest absolute Gasteiger partial charge is 0.384 e. The van der Waals surface area contributed by atoms with Crippen LogP contribution in [0.3, 0.4) is 0 Å². The first-order chi connectivity index (χ1) is 8.00. The molecule has 0 unspecified atom stereocenters. The van der Waals surface area contributed by atoms with Crippen molar-refractivity contribution < 1.29 is 0 Å². The van der Waals surface area contributed by atoms with Gasteiger partial charge in [0.2, 0.25) is 0 Å². The number of nitrogens with zero attached hydrogens (tertiary/aromatic N) is 1. The quantitative estimate of drug-likeness (QED) is 0.757. The molecule has 0 aliphatic heterocycles. The fourth-order valence-electron chi connectivity index (χ4n) is 1.38. The first-order valence-electron chi connectivity index (χ1n) is 4.55. The van der Waals surface area contributed by atoms with Crippen LogP contribution in [0, 0.1) is 0 Å². The highest BCUT2D eigenvalue weighted by atomic mass is 35.5. The summed E-state index contributed by atoms with van der Waals surface area (Å²) in [6.45, 7) is 0. The number of hydrogen-bond acceptors (Lipinski definition) is 2. The molecule has 0 saturated heterocycles. The molecule has 0 bridgehead atoms. The van der Waals surface area contributed by atoms with E-state index in [1.165, 1.54) is 6.07 Å². The van der Waals surface area contributed by atoms with E-state index in [4.69, 9.17) is 52.1 Å². The number of rotatable bonds is 1. The Bertz CT molecular complexity index is 540. The zero-order chi connectivity index (χ0) is 12.6. The van der Waals surface area contributed by atoms with Gasteiger partial charge < -0.3 is 5.73 Å². The lowest BCUT2D eigenvalue weighted by atomic mass is 10.1. The fourth-order valence-corrected chi connectivity index (χ4v) is 2.41. The van der Waals surface area contributed by atoms with Crippen LogP contribution in [-0.4, -0.2) is 4.98 Å². The smallest absolute Gasteiger partial charge is 0.123 e. The molecule has 2 rings (SSSR count). The molecule has 0 fully saturated rings. The second-order valence-corrected chi connectivity index (χ2v) is 4.89. The normalized spacial score (nSPS) is 10.6. The van der Waals surface area contributed by atoms with Gasteiger partial charge in [-0.25, -0.2) is 4.98 Å². The summed E-state index contributed by atoms with van der Waals surface area (Å²) >= 11 is 24.1. The highest BCUT2D eigenvalue weighted by molar-refractivity contribution is 6.50. The molecule has 88 valence electrons. The minimum absolute atomic E-state index is 0.340. The average Bonchev–Trinajstić information content (AvgIpc) is 2.29. The van der Waals surface area contributed by atoms with Crippen molar-refractivity contribution in [1.29, 1.82) is 0 Å². The van der Waals surface area contributed by atoms with E-state index in [-0.39, 0.29) is 0 Å². The van der Waals surface area contributed by atoms with E-state index in [9.17, 15) is 0 Å². The van der Waals surface area contributed by atoms with Crippen molar-refractivity contribution in [3.05, 3.63) is 44.5 Å². The Morgan fingerprint density at radius 1 is 0.941 bits per heavy atom. The van der Waals surface area contributed by atoms with Crippen molar-refractivity contribution in [2.45, 2.75) is 0 Å². The molecule has 0 saturated carbocycles. The van der Waals surface area contributed by atoms with Crippen molar-refractivity contribution in [2.75, 3.05) is 5.73 Å². The van der Waals surface area contributed by atoms with Gasteiger partial charge in [-0.15, -0.1) is 0 Å². The van der Waals surface area contributed by atoms with E-state index in [0.29, 0.717) is 37.0 Å². The SMILES string of the molecule is Nc1ccc(-c2c(Cl)c(Cl)cc(Cl)c2Cl)cn1. The molecule has 0 amide bonds. The minimum Gasteiger partial charge on any atom is -0.384 e. The number of nitrogens with two attached hydrogens (primary N) is 1. The van der Waals surface area contributed by atoms with Crippen LogP contribution in [-0.2, 0) is 0 Å². The van der Waals surface area contributed by atoms with Gasteiger partial charge in [0, 0.05) is 17.3 Å². The van der Waals surface area contributed by atoms with Gasteiger partial charge in [0.05, 0.1) is 20.1 Å². The van der Waals surface area contributed by atoms with Gasteiger partial charge in [-0.3, -0.25) is 0 Å². The van der Waals surface area contributed by atoms with Crippen LogP contribution >= 0.6 is 46.4 Å². The maximum atomic E-state index is 6.11. The molecule has 0 aliphatic rings. The molecule has 1 aromatic heterocycles. The van der Waals surface area contributed by atoms with Crippen molar-refractivity contribution in [2.24, 2.45) is 0 Å². The Kier molecular flexibility index (Phi) is 3.69.